The van der Waals surface area contributed by atoms with Crippen molar-refractivity contribution in [3.8, 4) is 0 Å². The van der Waals surface area contributed by atoms with E-state index in [0.717, 1.165) is 42.5 Å². The lowest BCUT2D eigenvalue weighted by molar-refractivity contribution is -0.124. The first-order valence-electron chi connectivity index (χ1n) is 10.7. The molecule has 1 saturated carbocycles. The van der Waals surface area contributed by atoms with E-state index in [2.05, 4.69) is 20.9 Å². The highest BCUT2D eigenvalue weighted by molar-refractivity contribution is 5.94. The van der Waals surface area contributed by atoms with Crippen LogP contribution in [0.5, 0.6) is 0 Å². The van der Waals surface area contributed by atoms with Gasteiger partial charge in [0.15, 0.2) is 5.96 Å². The zero-order chi connectivity index (χ0) is 19.6. The standard InChI is InChI=1S/C22H34N4O2/c1-23-22(24-13-5-10-17-7-2-3-8-17)25-16-18-9-4-11-19(15-18)26-21(27)20-12-6-14-28-20/h4,9,11,15,17,20H,2-3,5-8,10,12-14,16H2,1H3,(H,26,27)(H2,23,24,25). The van der Waals surface area contributed by atoms with Gasteiger partial charge in [-0.05, 0) is 49.3 Å². The average molecular weight is 387 g/mol. The van der Waals surface area contributed by atoms with Crippen LogP contribution in [0, 0.1) is 5.92 Å². The molecule has 1 aromatic carbocycles. The molecule has 1 atom stereocenters. The van der Waals surface area contributed by atoms with Crippen LogP contribution in [0.2, 0.25) is 0 Å². The van der Waals surface area contributed by atoms with Crippen molar-refractivity contribution < 1.29 is 9.53 Å². The summed E-state index contributed by atoms with van der Waals surface area (Å²) in [6.45, 7) is 2.29. The van der Waals surface area contributed by atoms with Gasteiger partial charge in [-0.1, -0.05) is 37.8 Å². The van der Waals surface area contributed by atoms with Crippen LogP contribution in [0.15, 0.2) is 29.3 Å². The van der Waals surface area contributed by atoms with Gasteiger partial charge in [-0.2, -0.15) is 0 Å². The van der Waals surface area contributed by atoms with Crippen molar-refractivity contribution in [3.63, 3.8) is 0 Å². The van der Waals surface area contributed by atoms with Gasteiger partial charge in [0.05, 0.1) is 0 Å². The molecular weight excluding hydrogens is 352 g/mol. The molecule has 1 heterocycles. The number of amides is 1. The Kier molecular flexibility index (Phi) is 8.15. The Hall–Kier alpha value is -2.08. The highest BCUT2D eigenvalue weighted by Gasteiger charge is 2.23. The minimum Gasteiger partial charge on any atom is -0.368 e. The average Bonchev–Trinajstić information content (AvgIpc) is 3.42. The molecule has 0 aromatic heterocycles. The fourth-order valence-corrected chi connectivity index (χ4v) is 4.07. The van der Waals surface area contributed by atoms with Gasteiger partial charge < -0.3 is 20.7 Å². The summed E-state index contributed by atoms with van der Waals surface area (Å²) in [7, 11) is 1.80. The molecule has 1 aromatic rings. The molecule has 0 spiro atoms. The van der Waals surface area contributed by atoms with Crippen molar-refractivity contribution >= 4 is 17.6 Å². The molecule has 1 saturated heterocycles. The van der Waals surface area contributed by atoms with Crippen molar-refractivity contribution in [2.24, 2.45) is 10.9 Å². The number of anilines is 1. The fraction of sp³-hybridized carbons (Fsp3) is 0.636. The molecule has 2 aliphatic rings. The molecule has 1 aliphatic heterocycles. The summed E-state index contributed by atoms with van der Waals surface area (Å²) in [5.74, 6) is 1.70. The minimum atomic E-state index is -0.311. The van der Waals surface area contributed by atoms with Crippen molar-refractivity contribution in [1.82, 2.24) is 10.6 Å². The summed E-state index contributed by atoms with van der Waals surface area (Å²) in [6, 6.07) is 7.90. The molecule has 1 unspecified atom stereocenters. The first kappa shape index (κ1) is 20.6. The Morgan fingerprint density at radius 3 is 2.79 bits per heavy atom. The monoisotopic (exact) mass is 386 g/mol. The summed E-state index contributed by atoms with van der Waals surface area (Å²) < 4.78 is 5.44. The lowest BCUT2D eigenvalue weighted by Gasteiger charge is -2.14. The fourth-order valence-electron chi connectivity index (χ4n) is 4.07. The van der Waals surface area contributed by atoms with E-state index in [1.807, 2.05) is 24.3 Å². The largest absolute Gasteiger partial charge is 0.368 e. The van der Waals surface area contributed by atoms with Gasteiger partial charge >= 0.3 is 0 Å². The Morgan fingerprint density at radius 2 is 2.04 bits per heavy atom. The molecule has 3 rings (SSSR count). The molecular formula is C22H34N4O2. The predicted octanol–water partition coefficient (Wildman–Crippen LogP) is 3.44. The highest BCUT2D eigenvalue weighted by atomic mass is 16.5. The maximum Gasteiger partial charge on any atom is 0.253 e. The number of benzene rings is 1. The Morgan fingerprint density at radius 1 is 1.18 bits per heavy atom. The number of guanidine groups is 1. The van der Waals surface area contributed by atoms with Crippen molar-refractivity contribution in [2.75, 3.05) is 25.5 Å². The second-order valence-electron chi connectivity index (χ2n) is 7.84. The van der Waals surface area contributed by atoms with Crippen LogP contribution in [0.1, 0.15) is 56.9 Å². The van der Waals surface area contributed by atoms with Gasteiger partial charge in [-0.25, -0.2) is 0 Å². The van der Waals surface area contributed by atoms with Crippen LogP contribution in [0.25, 0.3) is 0 Å². The lowest BCUT2D eigenvalue weighted by Crippen LogP contribution is -2.37. The van der Waals surface area contributed by atoms with Crippen LogP contribution >= 0.6 is 0 Å². The molecule has 0 bridgehead atoms. The first-order valence-corrected chi connectivity index (χ1v) is 10.7. The topological polar surface area (TPSA) is 74.8 Å². The third-order valence-electron chi connectivity index (χ3n) is 5.66. The van der Waals surface area contributed by atoms with E-state index in [1.54, 1.807) is 7.05 Å². The third kappa shape index (κ3) is 6.51. The Labute approximate surface area is 168 Å². The van der Waals surface area contributed by atoms with E-state index in [4.69, 9.17) is 4.74 Å². The number of nitrogens with one attached hydrogen (secondary N) is 3. The third-order valence-corrected chi connectivity index (χ3v) is 5.66. The van der Waals surface area contributed by atoms with E-state index < -0.39 is 0 Å². The molecule has 6 heteroatoms. The van der Waals surface area contributed by atoms with Crippen LogP contribution in [0.4, 0.5) is 5.69 Å². The molecule has 1 aliphatic carbocycles. The van der Waals surface area contributed by atoms with Crippen molar-refractivity contribution in [3.05, 3.63) is 29.8 Å². The molecule has 1 amide bonds. The maximum absolute atomic E-state index is 12.2. The van der Waals surface area contributed by atoms with Crippen LogP contribution in [0.3, 0.4) is 0 Å². The number of carbonyl (C=O) groups excluding carboxylic acids is 1. The molecule has 0 radical (unpaired) electrons. The number of carbonyl (C=O) groups is 1. The van der Waals surface area contributed by atoms with Crippen LogP contribution < -0.4 is 16.0 Å². The van der Waals surface area contributed by atoms with Gasteiger partial charge in [0, 0.05) is 32.4 Å². The normalized spacial score (nSPS) is 20.3. The SMILES string of the molecule is CN=C(NCCCC1CCCC1)NCc1cccc(NC(=O)C2CCCO2)c1. The van der Waals surface area contributed by atoms with Gasteiger partial charge in [0.2, 0.25) is 0 Å². The molecule has 2 fully saturated rings. The second kappa shape index (κ2) is 11.1. The summed E-state index contributed by atoms with van der Waals surface area (Å²) in [6.07, 6.45) is 9.59. The second-order valence-corrected chi connectivity index (χ2v) is 7.84. The Balaban J connectivity index is 1.39. The van der Waals surface area contributed by atoms with Crippen molar-refractivity contribution in [2.45, 2.75) is 64.0 Å². The van der Waals surface area contributed by atoms with E-state index in [9.17, 15) is 4.79 Å². The number of hydrogen-bond acceptors (Lipinski definition) is 3. The number of ether oxygens (including phenoxy) is 1. The van der Waals surface area contributed by atoms with Crippen molar-refractivity contribution in [1.29, 1.82) is 0 Å². The molecule has 154 valence electrons. The minimum absolute atomic E-state index is 0.0534. The lowest BCUT2D eigenvalue weighted by atomic mass is 10.0. The van der Waals surface area contributed by atoms with E-state index in [0.29, 0.717) is 13.2 Å². The Bertz CT molecular complexity index is 650. The molecule has 3 N–H and O–H groups in total. The first-order chi connectivity index (χ1) is 13.7. The number of aliphatic imine (C=N–C) groups is 1. The van der Waals surface area contributed by atoms with Gasteiger partial charge in [0.1, 0.15) is 6.10 Å². The van der Waals surface area contributed by atoms with Crippen LogP contribution in [-0.4, -0.2) is 38.2 Å². The molecule has 28 heavy (non-hydrogen) atoms. The van der Waals surface area contributed by atoms with Crippen LogP contribution in [-0.2, 0) is 16.1 Å². The number of nitrogens with zero attached hydrogens (tertiary/aromatic N) is 1. The number of hydrogen-bond donors (Lipinski definition) is 3. The highest BCUT2D eigenvalue weighted by Crippen LogP contribution is 2.28. The van der Waals surface area contributed by atoms with E-state index in [1.165, 1.54) is 38.5 Å². The van der Waals surface area contributed by atoms with E-state index >= 15 is 0 Å². The zero-order valence-corrected chi connectivity index (χ0v) is 17.0. The summed E-state index contributed by atoms with van der Waals surface area (Å²) >= 11 is 0. The summed E-state index contributed by atoms with van der Waals surface area (Å²) in [5.41, 5.74) is 1.90. The quantitative estimate of drug-likeness (QED) is 0.363. The zero-order valence-electron chi connectivity index (χ0n) is 17.0. The van der Waals surface area contributed by atoms with Gasteiger partial charge in [-0.3, -0.25) is 9.79 Å². The summed E-state index contributed by atoms with van der Waals surface area (Å²) in [4.78, 5) is 16.5. The van der Waals surface area contributed by atoms with Gasteiger partial charge in [0.25, 0.3) is 5.91 Å². The number of rotatable bonds is 8. The summed E-state index contributed by atoms with van der Waals surface area (Å²) in [5, 5.41) is 9.71. The predicted molar refractivity (Wildman–Crippen MR) is 113 cm³/mol. The smallest absolute Gasteiger partial charge is 0.253 e. The maximum atomic E-state index is 12.2. The van der Waals surface area contributed by atoms with Gasteiger partial charge in [-0.15, -0.1) is 0 Å². The van der Waals surface area contributed by atoms with E-state index in [-0.39, 0.29) is 12.0 Å². The molecule has 6 nitrogen and oxygen atoms in total.